The summed E-state index contributed by atoms with van der Waals surface area (Å²) in [6, 6.07) is 4.76. The Morgan fingerprint density at radius 2 is 2.14 bits per heavy atom. The largest absolute Gasteiger partial charge is 0.431 e. The lowest BCUT2D eigenvalue weighted by molar-refractivity contribution is -0.385. The Morgan fingerprint density at radius 3 is 2.76 bits per heavy atom. The predicted molar refractivity (Wildman–Crippen MR) is 79.1 cm³/mol. The van der Waals surface area contributed by atoms with Crippen LogP contribution in [-0.2, 0) is 12.3 Å². The van der Waals surface area contributed by atoms with Gasteiger partial charge in [-0.25, -0.2) is 9.97 Å². The number of nitro benzene ring substituents is 1. The van der Waals surface area contributed by atoms with Crippen molar-refractivity contribution in [2.24, 2.45) is 0 Å². The molecule has 110 valence electrons. The molecule has 0 N–H and O–H groups in total. The maximum absolute atomic E-state index is 11.1. The number of aromatic nitrogens is 2. The second kappa shape index (κ2) is 6.69. The number of aryl methyl sites for hydroxylation is 1. The second-order valence-corrected chi connectivity index (χ2v) is 4.72. The van der Waals surface area contributed by atoms with Gasteiger partial charge in [0.1, 0.15) is 11.5 Å². The zero-order chi connectivity index (χ0) is 15.4. The molecule has 0 spiro atoms. The van der Waals surface area contributed by atoms with Crippen molar-refractivity contribution < 1.29 is 9.66 Å². The van der Waals surface area contributed by atoms with E-state index >= 15 is 0 Å². The summed E-state index contributed by atoms with van der Waals surface area (Å²) in [4.78, 5) is 18.4. The van der Waals surface area contributed by atoms with E-state index < -0.39 is 4.92 Å². The third kappa shape index (κ3) is 3.40. The molecule has 0 aliphatic carbocycles. The number of alkyl halides is 1. The zero-order valence-corrected chi connectivity index (χ0v) is 12.6. The molecule has 2 rings (SSSR count). The fourth-order valence-electron chi connectivity index (χ4n) is 1.69. The number of halogens is 2. The Balaban J connectivity index is 2.44. The van der Waals surface area contributed by atoms with E-state index in [0.717, 1.165) is 5.56 Å². The van der Waals surface area contributed by atoms with Crippen molar-refractivity contribution in [1.82, 2.24) is 9.97 Å². The molecule has 0 atom stereocenters. The van der Waals surface area contributed by atoms with E-state index in [1.54, 1.807) is 6.07 Å². The normalized spacial score (nSPS) is 10.4. The van der Waals surface area contributed by atoms with Crippen LogP contribution in [0.1, 0.15) is 18.1 Å². The summed E-state index contributed by atoms with van der Waals surface area (Å²) >= 11 is 11.7. The molecular formula is C13H11Cl2N3O3. The summed E-state index contributed by atoms with van der Waals surface area (Å²) < 4.78 is 5.51. The SMILES string of the molecule is CCc1ccc(Oc2ncnc(Cl)c2CCl)c([N+](=O)[O-])c1. The average molecular weight is 328 g/mol. The number of hydrogen-bond donors (Lipinski definition) is 0. The van der Waals surface area contributed by atoms with Crippen LogP contribution in [0.15, 0.2) is 24.5 Å². The quantitative estimate of drug-likeness (QED) is 0.357. The molecule has 6 nitrogen and oxygen atoms in total. The van der Waals surface area contributed by atoms with Gasteiger partial charge in [-0.2, -0.15) is 0 Å². The van der Waals surface area contributed by atoms with Crippen LogP contribution in [0.2, 0.25) is 5.15 Å². The molecule has 8 heteroatoms. The molecule has 2 aromatic rings. The predicted octanol–water partition coefficient (Wildman–Crippen LogP) is 4.13. The van der Waals surface area contributed by atoms with Crippen molar-refractivity contribution in [2.75, 3.05) is 0 Å². The highest BCUT2D eigenvalue weighted by Crippen LogP contribution is 2.34. The van der Waals surface area contributed by atoms with Gasteiger partial charge in [-0.05, 0) is 18.1 Å². The monoisotopic (exact) mass is 327 g/mol. The van der Waals surface area contributed by atoms with Crippen LogP contribution in [0.4, 0.5) is 5.69 Å². The summed E-state index contributed by atoms with van der Waals surface area (Å²) in [6.07, 6.45) is 1.90. The first-order valence-corrected chi connectivity index (χ1v) is 6.98. The fourth-order valence-corrected chi connectivity index (χ4v) is 2.19. The van der Waals surface area contributed by atoms with Crippen LogP contribution in [0, 0.1) is 10.1 Å². The molecule has 0 saturated heterocycles. The smallest absolute Gasteiger partial charge is 0.311 e. The molecule has 0 saturated carbocycles. The molecule has 0 fully saturated rings. The van der Waals surface area contributed by atoms with Crippen LogP contribution >= 0.6 is 23.2 Å². The van der Waals surface area contributed by atoms with Crippen molar-refractivity contribution in [3.8, 4) is 11.6 Å². The van der Waals surface area contributed by atoms with E-state index in [0.29, 0.717) is 12.0 Å². The van der Waals surface area contributed by atoms with Gasteiger partial charge in [0.25, 0.3) is 0 Å². The Bertz CT molecular complexity index is 680. The summed E-state index contributed by atoms with van der Waals surface area (Å²) in [5.74, 6) is 0.228. The number of rotatable bonds is 5. The van der Waals surface area contributed by atoms with Gasteiger partial charge < -0.3 is 4.74 Å². The third-order valence-electron chi connectivity index (χ3n) is 2.82. The third-order valence-corrected chi connectivity index (χ3v) is 3.41. The van der Waals surface area contributed by atoms with Gasteiger partial charge in [-0.3, -0.25) is 10.1 Å². The molecule has 1 aromatic heterocycles. The van der Waals surface area contributed by atoms with Crippen molar-refractivity contribution in [3.63, 3.8) is 0 Å². The van der Waals surface area contributed by atoms with Crippen LogP contribution in [0.25, 0.3) is 0 Å². The molecule has 1 heterocycles. The summed E-state index contributed by atoms with van der Waals surface area (Å²) in [5, 5.41) is 11.3. The Kier molecular flexibility index (Phi) is 4.93. The van der Waals surface area contributed by atoms with Gasteiger partial charge in [0.05, 0.1) is 16.4 Å². The molecule has 0 aliphatic rings. The van der Waals surface area contributed by atoms with Gasteiger partial charge in [-0.15, -0.1) is 11.6 Å². The standard InChI is InChI=1S/C13H11Cl2N3O3/c1-2-8-3-4-11(10(5-8)18(19)20)21-13-9(6-14)12(15)16-7-17-13/h3-5,7H,2,6H2,1H3. The average Bonchev–Trinajstić information content (AvgIpc) is 2.47. The van der Waals surface area contributed by atoms with E-state index in [1.807, 2.05) is 6.92 Å². The molecule has 1 aromatic carbocycles. The summed E-state index contributed by atoms with van der Waals surface area (Å²) in [6.45, 7) is 1.91. The van der Waals surface area contributed by atoms with Gasteiger partial charge in [0, 0.05) is 6.07 Å². The molecular weight excluding hydrogens is 317 g/mol. The number of hydrogen-bond acceptors (Lipinski definition) is 5. The molecule has 0 radical (unpaired) electrons. The number of ether oxygens (including phenoxy) is 1. The lowest BCUT2D eigenvalue weighted by atomic mass is 10.1. The van der Waals surface area contributed by atoms with Crippen LogP contribution in [0.3, 0.4) is 0 Å². The topological polar surface area (TPSA) is 78.2 Å². The number of nitro groups is 1. The van der Waals surface area contributed by atoms with Crippen molar-refractivity contribution in [3.05, 3.63) is 50.9 Å². The lowest BCUT2D eigenvalue weighted by Gasteiger charge is -2.09. The Morgan fingerprint density at radius 1 is 1.38 bits per heavy atom. The summed E-state index contributed by atoms with van der Waals surface area (Å²) in [7, 11) is 0. The highest BCUT2D eigenvalue weighted by Gasteiger charge is 2.19. The van der Waals surface area contributed by atoms with E-state index in [4.69, 9.17) is 27.9 Å². The minimum atomic E-state index is -0.502. The highest BCUT2D eigenvalue weighted by atomic mass is 35.5. The second-order valence-electron chi connectivity index (χ2n) is 4.10. The molecule has 0 amide bonds. The van der Waals surface area contributed by atoms with Crippen molar-refractivity contribution in [1.29, 1.82) is 0 Å². The number of benzene rings is 1. The minimum absolute atomic E-state index is 0.0375. The molecule has 0 aliphatic heterocycles. The Labute approximate surface area is 130 Å². The molecule has 0 bridgehead atoms. The number of nitrogens with zero attached hydrogens (tertiary/aromatic N) is 3. The van der Waals surface area contributed by atoms with Crippen molar-refractivity contribution >= 4 is 28.9 Å². The van der Waals surface area contributed by atoms with Crippen LogP contribution in [-0.4, -0.2) is 14.9 Å². The molecule has 21 heavy (non-hydrogen) atoms. The highest BCUT2D eigenvalue weighted by molar-refractivity contribution is 6.31. The first-order valence-electron chi connectivity index (χ1n) is 6.07. The Hall–Kier alpha value is -1.92. The lowest BCUT2D eigenvalue weighted by Crippen LogP contribution is -1.99. The van der Waals surface area contributed by atoms with E-state index in [1.165, 1.54) is 18.5 Å². The van der Waals surface area contributed by atoms with Crippen LogP contribution in [0.5, 0.6) is 11.6 Å². The maximum atomic E-state index is 11.1. The van der Waals surface area contributed by atoms with Gasteiger partial charge in [-0.1, -0.05) is 24.6 Å². The zero-order valence-electron chi connectivity index (χ0n) is 11.0. The first kappa shape index (κ1) is 15.5. The van der Waals surface area contributed by atoms with Gasteiger partial charge >= 0.3 is 5.69 Å². The minimum Gasteiger partial charge on any atom is -0.431 e. The van der Waals surface area contributed by atoms with Crippen LogP contribution < -0.4 is 4.74 Å². The first-order chi connectivity index (χ1) is 10.1. The van der Waals surface area contributed by atoms with E-state index in [2.05, 4.69) is 9.97 Å². The summed E-state index contributed by atoms with van der Waals surface area (Å²) in [5.41, 5.74) is 1.09. The van der Waals surface area contributed by atoms with Gasteiger partial charge in [0.2, 0.25) is 11.6 Å². The fraction of sp³-hybridized carbons (Fsp3) is 0.231. The maximum Gasteiger partial charge on any atom is 0.311 e. The van der Waals surface area contributed by atoms with Gasteiger partial charge in [0.15, 0.2) is 0 Å². The van der Waals surface area contributed by atoms with E-state index in [9.17, 15) is 10.1 Å². The van der Waals surface area contributed by atoms with E-state index in [-0.39, 0.29) is 28.3 Å². The molecule has 0 unspecified atom stereocenters. The van der Waals surface area contributed by atoms with Crippen molar-refractivity contribution in [2.45, 2.75) is 19.2 Å².